The Morgan fingerprint density at radius 3 is 2.71 bits per heavy atom. The van der Waals surface area contributed by atoms with Gasteiger partial charge in [0, 0.05) is 11.2 Å². The van der Waals surface area contributed by atoms with Crippen LogP contribution < -0.4 is 0 Å². The lowest BCUT2D eigenvalue weighted by atomic mass is 10.3. The highest BCUT2D eigenvalue weighted by molar-refractivity contribution is 9.09. The van der Waals surface area contributed by atoms with Crippen LogP contribution >= 0.6 is 15.9 Å². The second kappa shape index (κ2) is 1.78. The predicted octanol–water partition coefficient (Wildman–Crippen LogP) is 1.28. The first-order valence-electron chi connectivity index (χ1n) is 2.14. The van der Waals surface area contributed by atoms with Gasteiger partial charge >= 0.3 is 0 Å². The predicted molar refractivity (Wildman–Crippen MR) is 31.5 cm³/mol. The molecule has 0 aromatic heterocycles. The Morgan fingerprint density at radius 1 is 1.86 bits per heavy atom. The summed E-state index contributed by atoms with van der Waals surface area (Å²) in [5.41, 5.74) is 0. The smallest absolute Gasteiger partial charge is 0.156 e. The standard InChI is InChI=1S/C5H5BrO/c6-4-1-2-5(7)3-4/h1-2,4H,3H2. The lowest BCUT2D eigenvalue weighted by Gasteiger charge is -1.86. The number of halogens is 1. The molecule has 0 spiro atoms. The van der Waals surface area contributed by atoms with Crippen LogP contribution in [0.1, 0.15) is 6.42 Å². The molecule has 0 fully saturated rings. The first-order valence-corrected chi connectivity index (χ1v) is 3.06. The molecule has 1 unspecified atom stereocenters. The van der Waals surface area contributed by atoms with E-state index in [1.807, 2.05) is 6.08 Å². The topological polar surface area (TPSA) is 17.1 Å². The Kier molecular flexibility index (Phi) is 1.28. The number of alkyl halides is 1. The number of hydrogen-bond acceptors (Lipinski definition) is 1. The number of allylic oxidation sites excluding steroid dienone is 2. The second-order valence-electron chi connectivity index (χ2n) is 1.55. The van der Waals surface area contributed by atoms with E-state index in [9.17, 15) is 4.79 Å². The molecule has 1 rings (SSSR count). The van der Waals surface area contributed by atoms with Crippen molar-refractivity contribution < 1.29 is 4.79 Å². The van der Waals surface area contributed by atoms with Gasteiger partial charge in [0.05, 0.1) is 0 Å². The average Bonchev–Trinajstić information content (AvgIpc) is 1.87. The van der Waals surface area contributed by atoms with E-state index in [0.29, 0.717) is 11.2 Å². The summed E-state index contributed by atoms with van der Waals surface area (Å²) in [4.78, 5) is 10.6. The first kappa shape index (κ1) is 5.04. The van der Waals surface area contributed by atoms with Crippen LogP contribution in [-0.4, -0.2) is 10.6 Å². The van der Waals surface area contributed by atoms with Crippen LogP contribution in [0.15, 0.2) is 12.2 Å². The molecular weight excluding hydrogens is 156 g/mol. The molecule has 0 aliphatic heterocycles. The van der Waals surface area contributed by atoms with Gasteiger partial charge in [-0.3, -0.25) is 4.79 Å². The van der Waals surface area contributed by atoms with Gasteiger partial charge in [-0.2, -0.15) is 0 Å². The van der Waals surface area contributed by atoms with Crippen molar-refractivity contribution in [2.75, 3.05) is 0 Å². The van der Waals surface area contributed by atoms with Crippen molar-refractivity contribution in [1.82, 2.24) is 0 Å². The van der Waals surface area contributed by atoms with Crippen molar-refractivity contribution in [2.45, 2.75) is 11.2 Å². The van der Waals surface area contributed by atoms with Gasteiger partial charge in [-0.05, 0) is 6.08 Å². The highest BCUT2D eigenvalue weighted by Crippen LogP contribution is 2.13. The maximum absolute atomic E-state index is 10.3. The molecule has 0 saturated heterocycles. The third kappa shape index (κ3) is 1.13. The molecule has 38 valence electrons. The third-order valence-electron chi connectivity index (χ3n) is 0.887. The SMILES string of the molecule is O=C1C=CC(Br)C1. The zero-order valence-electron chi connectivity index (χ0n) is 3.73. The summed E-state index contributed by atoms with van der Waals surface area (Å²) in [7, 11) is 0. The number of rotatable bonds is 0. The van der Waals surface area contributed by atoms with E-state index in [2.05, 4.69) is 15.9 Å². The van der Waals surface area contributed by atoms with Gasteiger partial charge in [-0.25, -0.2) is 0 Å². The molecule has 0 aromatic rings. The van der Waals surface area contributed by atoms with E-state index in [4.69, 9.17) is 0 Å². The molecule has 0 bridgehead atoms. The summed E-state index contributed by atoms with van der Waals surface area (Å²) < 4.78 is 0. The average molecular weight is 161 g/mol. The summed E-state index contributed by atoms with van der Waals surface area (Å²) >= 11 is 3.27. The normalized spacial score (nSPS) is 29.3. The van der Waals surface area contributed by atoms with E-state index in [1.165, 1.54) is 0 Å². The fourth-order valence-corrected chi connectivity index (χ4v) is 1.01. The van der Waals surface area contributed by atoms with Crippen molar-refractivity contribution in [3.8, 4) is 0 Å². The zero-order chi connectivity index (χ0) is 5.28. The molecule has 2 heteroatoms. The molecule has 0 radical (unpaired) electrons. The molecule has 1 aliphatic rings. The van der Waals surface area contributed by atoms with E-state index in [1.54, 1.807) is 6.08 Å². The Morgan fingerprint density at radius 2 is 2.57 bits per heavy atom. The minimum atomic E-state index is 0.224. The van der Waals surface area contributed by atoms with E-state index in [0.717, 1.165) is 0 Å². The van der Waals surface area contributed by atoms with Gasteiger partial charge in [0.15, 0.2) is 5.78 Å². The quantitative estimate of drug-likeness (QED) is 0.489. The first-order chi connectivity index (χ1) is 3.29. The molecule has 0 amide bonds. The van der Waals surface area contributed by atoms with Crippen LogP contribution in [0.4, 0.5) is 0 Å². The number of carbonyl (C=O) groups is 1. The van der Waals surface area contributed by atoms with Crippen LogP contribution in [-0.2, 0) is 4.79 Å². The fourth-order valence-electron chi connectivity index (χ4n) is 0.540. The van der Waals surface area contributed by atoms with Gasteiger partial charge in [0.25, 0.3) is 0 Å². The van der Waals surface area contributed by atoms with Gasteiger partial charge in [0.2, 0.25) is 0 Å². The van der Waals surface area contributed by atoms with Crippen LogP contribution in [0, 0.1) is 0 Å². The van der Waals surface area contributed by atoms with Crippen LogP contribution in [0.3, 0.4) is 0 Å². The van der Waals surface area contributed by atoms with Crippen molar-refractivity contribution >= 4 is 21.7 Å². The van der Waals surface area contributed by atoms with Crippen LogP contribution in [0.2, 0.25) is 0 Å². The van der Waals surface area contributed by atoms with Crippen LogP contribution in [0.5, 0.6) is 0 Å². The minimum absolute atomic E-state index is 0.224. The van der Waals surface area contributed by atoms with E-state index in [-0.39, 0.29) is 5.78 Å². The molecule has 1 aliphatic carbocycles. The second-order valence-corrected chi connectivity index (χ2v) is 2.72. The summed E-state index contributed by atoms with van der Waals surface area (Å²) in [6.07, 6.45) is 4.11. The minimum Gasteiger partial charge on any atom is -0.295 e. The van der Waals surface area contributed by atoms with Crippen molar-refractivity contribution in [1.29, 1.82) is 0 Å². The Labute approximate surface area is 50.5 Å². The van der Waals surface area contributed by atoms with Crippen LogP contribution in [0.25, 0.3) is 0 Å². The van der Waals surface area contributed by atoms with E-state index >= 15 is 0 Å². The third-order valence-corrected chi connectivity index (χ3v) is 1.52. The molecule has 7 heavy (non-hydrogen) atoms. The Hall–Kier alpha value is -0.110. The molecule has 0 aromatic carbocycles. The maximum Gasteiger partial charge on any atom is 0.156 e. The largest absolute Gasteiger partial charge is 0.295 e. The van der Waals surface area contributed by atoms with Gasteiger partial charge in [0.1, 0.15) is 0 Å². The highest BCUT2D eigenvalue weighted by atomic mass is 79.9. The van der Waals surface area contributed by atoms with Crippen molar-refractivity contribution in [3.05, 3.63) is 12.2 Å². The number of hydrogen-bond donors (Lipinski definition) is 0. The van der Waals surface area contributed by atoms with Gasteiger partial charge in [-0.15, -0.1) is 0 Å². The zero-order valence-corrected chi connectivity index (χ0v) is 5.31. The lowest BCUT2D eigenvalue weighted by molar-refractivity contribution is -0.113. The van der Waals surface area contributed by atoms with Crippen molar-refractivity contribution in [2.24, 2.45) is 0 Å². The van der Waals surface area contributed by atoms with Gasteiger partial charge < -0.3 is 0 Å². The molecule has 0 saturated carbocycles. The summed E-state index contributed by atoms with van der Waals surface area (Å²) in [5.74, 6) is 0.224. The number of carbonyl (C=O) groups excluding carboxylic acids is 1. The summed E-state index contributed by atoms with van der Waals surface area (Å²) in [6.45, 7) is 0. The monoisotopic (exact) mass is 160 g/mol. The molecule has 0 N–H and O–H groups in total. The molecular formula is C5H5BrO. The molecule has 0 heterocycles. The summed E-state index contributed by atoms with van der Waals surface area (Å²) in [6, 6.07) is 0. The number of ketones is 1. The van der Waals surface area contributed by atoms with Gasteiger partial charge in [-0.1, -0.05) is 22.0 Å². The maximum atomic E-state index is 10.3. The van der Waals surface area contributed by atoms with E-state index < -0.39 is 0 Å². The highest BCUT2D eigenvalue weighted by Gasteiger charge is 2.10. The Bertz CT molecular complexity index is 117. The fraction of sp³-hybridized carbons (Fsp3) is 0.400. The molecule has 1 atom stereocenters. The Balaban J connectivity index is 2.58. The molecule has 1 nitrogen and oxygen atoms in total. The lowest BCUT2D eigenvalue weighted by Crippen LogP contribution is -1.90. The van der Waals surface area contributed by atoms with Crippen molar-refractivity contribution in [3.63, 3.8) is 0 Å². The summed E-state index contributed by atoms with van der Waals surface area (Å²) in [5, 5.41) is 0.